The Morgan fingerprint density at radius 1 is 0.943 bits per heavy atom. The molecule has 0 radical (unpaired) electrons. The van der Waals surface area contributed by atoms with Crippen molar-refractivity contribution in [2.75, 3.05) is 25.0 Å². The summed E-state index contributed by atoms with van der Waals surface area (Å²) in [5, 5.41) is 12.2. The van der Waals surface area contributed by atoms with Crippen LogP contribution in [0, 0.1) is 0 Å². The van der Waals surface area contributed by atoms with Crippen molar-refractivity contribution in [3.05, 3.63) is 59.7 Å². The van der Waals surface area contributed by atoms with Crippen LogP contribution in [0.3, 0.4) is 0 Å². The van der Waals surface area contributed by atoms with Crippen LogP contribution in [0.4, 0.5) is 36.4 Å². The monoisotopic (exact) mass is 508 g/mol. The first-order valence-electron chi connectivity index (χ1n) is 10.6. The molecule has 0 aliphatic carbocycles. The summed E-state index contributed by atoms with van der Waals surface area (Å²) in [6.07, 6.45) is -4.80. The third-order valence-electron chi connectivity index (χ3n) is 5.66. The molecule has 0 saturated carbocycles. The van der Waals surface area contributed by atoms with E-state index in [2.05, 4.69) is 15.0 Å². The van der Waals surface area contributed by atoms with E-state index in [0.29, 0.717) is 12.2 Å². The van der Waals surface area contributed by atoms with Crippen LogP contribution in [0.15, 0.2) is 48.5 Å². The number of hydrogen-bond acceptors (Lipinski definition) is 4. The Labute approximate surface area is 196 Å². The molecular weight excluding hydrogens is 485 g/mol. The summed E-state index contributed by atoms with van der Waals surface area (Å²) in [6.45, 7) is 0.116. The maximum Gasteiger partial charge on any atom is 0.460 e. The number of likely N-dealkylation sites (tertiary alicyclic amines) is 1. The zero-order valence-electron chi connectivity index (χ0n) is 18.3. The minimum Gasteiger partial charge on any atom is -0.487 e. The maximum atomic E-state index is 13.4. The SMILES string of the molecule is O=C(O)c1ccc(CN2CCC(Nc3ccc(OCC(F)(F)C(F)(F)C(F)(F)F)cc3)CC2)cc1. The van der Waals surface area contributed by atoms with Gasteiger partial charge in [0.15, 0.2) is 6.61 Å². The molecule has 2 aromatic carbocycles. The lowest BCUT2D eigenvalue weighted by molar-refractivity contribution is -0.358. The fourth-order valence-electron chi connectivity index (χ4n) is 3.60. The summed E-state index contributed by atoms with van der Waals surface area (Å²) in [5.74, 6) is -12.9. The Morgan fingerprint density at radius 2 is 1.51 bits per heavy atom. The van der Waals surface area contributed by atoms with Gasteiger partial charge < -0.3 is 15.2 Å². The van der Waals surface area contributed by atoms with E-state index in [9.17, 15) is 35.5 Å². The third kappa shape index (κ3) is 6.56. The molecule has 1 fully saturated rings. The zero-order chi connectivity index (χ0) is 25.9. The molecule has 0 aromatic heterocycles. The summed E-state index contributed by atoms with van der Waals surface area (Å²) in [6, 6.07) is 12.1. The van der Waals surface area contributed by atoms with Crippen molar-refractivity contribution < 1.29 is 45.4 Å². The summed E-state index contributed by atoms with van der Waals surface area (Å²) in [4.78, 5) is 13.2. The number of halogens is 7. The second-order valence-corrected chi connectivity index (χ2v) is 8.29. The lowest BCUT2D eigenvalue weighted by Crippen LogP contribution is -2.54. The summed E-state index contributed by atoms with van der Waals surface area (Å²) in [5.41, 5.74) is 1.84. The van der Waals surface area contributed by atoms with Gasteiger partial charge in [0.2, 0.25) is 0 Å². The Morgan fingerprint density at radius 3 is 2.03 bits per heavy atom. The Hall–Kier alpha value is -3.02. The molecule has 2 aromatic rings. The van der Waals surface area contributed by atoms with Crippen molar-refractivity contribution in [3.8, 4) is 5.75 Å². The van der Waals surface area contributed by atoms with Gasteiger partial charge in [0, 0.05) is 31.4 Å². The van der Waals surface area contributed by atoms with Gasteiger partial charge in [0.1, 0.15) is 5.75 Å². The topological polar surface area (TPSA) is 61.8 Å². The number of rotatable bonds is 9. The number of anilines is 1. The van der Waals surface area contributed by atoms with Crippen molar-refractivity contribution in [2.45, 2.75) is 43.4 Å². The summed E-state index contributed by atoms with van der Waals surface area (Å²) >= 11 is 0. The van der Waals surface area contributed by atoms with E-state index in [1.165, 1.54) is 24.3 Å². The number of aromatic carboxylic acids is 1. The largest absolute Gasteiger partial charge is 0.487 e. The smallest absolute Gasteiger partial charge is 0.460 e. The van der Waals surface area contributed by atoms with Crippen molar-refractivity contribution in [1.82, 2.24) is 4.90 Å². The van der Waals surface area contributed by atoms with Crippen LogP contribution in [-0.2, 0) is 6.54 Å². The fraction of sp³-hybridized carbons (Fsp3) is 0.435. The van der Waals surface area contributed by atoms with Crippen molar-refractivity contribution in [2.24, 2.45) is 0 Å². The van der Waals surface area contributed by atoms with E-state index in [1.54, 1.807) is 24.3 Å². The standard InChI is InChI=1S/C23H23F7N2O3/c24-21(25,22(26,27)23(28,29)30)14-35-19-7-5-17(6-8-19)31-18-9-11-32(12-10-18)13-15-1-3-16(4-2-15)20(33)34/h1-8,18,31H,9-14H2,(H,33,34). The van der Waals surface area contributed by atoms with E-state index in [4.69, 9.17) is 5.11 Å². The van der Waals surface area contributed by atoms with Crippen molar-refractivity contribution in [1.29, 1.82) is 0 Å². The summed E-state index contributed by atoms with van der Waals surface area (Å²) in [7, 11) is 0. The number of alkyl halides is 7. The van der Waals surface area contributed by atoms with E-state index >= 15 is 0 Å². The maximum absolute atomic E-state index is 13.4. The number of nitrogens with zero attached hydrogens (tertiary/aromatic N) is 1. The number of ether oxygens (including phenoxy) is 1. The highest BCUT2D eigenvalue weighted by atomic mass is 19.4. The lowest BCUT2D eigenvalue weighted by atomic mass is 10.0. The Bertz CT molecular complexity index is 988. The van der Waals surface area contributed by atoms with E-state index in [0.717, 1.165) is 31.5 Å². The molecule has 5 nitrogen and oxygen atoms in total. The number of carboxylic acid groups (broad SMARTS) is 1. The van der Waals surface area contributed by atoms with Gasteiger partial charge in [-0.2, -0.15) is 30.7 Å². The van der Waals surface area contributed by atoms with Gasteiger partial charge in [0.25, 0.3) is 0 Å². The van der Waals surface area contributed by atoms with Crippen LogP contribution in [0.2, 0.25) is 0 Å². The first-order valence-corrected chi connectivity index (χ1v) is 10.6. The number of carboxylic acids is 1. The molecule has 0 amide bonds. The second-order valence-electron chi connectivity index (χ2n) is 8.29. The van der Waals surface area contributed by atoms with Crippen molar-refractivity contribution in [3.63, 3.8) is 0 Å². The van der Waals surface area contributed by atoms with E-state index in [-0.39, 0.29) is 17.4 Å². The average molecular weight is 508 g/mol. The van der Waals surface area contributed by atoms with Crippen LogP contribution < -0.4 is 10.1 Å². The number of nitrogens with one attached hydrogen (secondary N) is 1. The van der Waals surface area contributed by atoms with Gasteiger partial charge in [0.05, 0.1) is 5.56 Å². The fourth-order valence-corrected chi connectivity index (χ4v) is 3.60. The van der Waals surface area contributed by atoms with Gasteiger partial charge >= 0.3 is 24.0 Å². The molecule has 12 heteroatoms. The molecular formula is C23H23F7N2O3. The van der Waals surface area contributed by atoms with Crippen LogP contribution >= 0.6 is 0 Å². The Kier molecular flexibility index (Phi) is 7.83. The van der Waals surface area contributed by atoms with Crippen LogP contribution in [0.25, 0.3) is 0 Å². The van der Waals surface area contributed by atoms with Gasteiger partial charge in [-0.05, 0) is 54.8 Å². The number of carbonyl (C=O) groups is 1. The van der Waals surface area contributed by atoms with E-state index in [1.807, 2.05) is 0 Å². The molecule has 0 bridgehead atoms. The summed E-state index contributed by atoms with van der Waals surface area (Å²) < 4.78 is 93.6. The molecule has 1 aliphatic heterocycles. The number of piperidine rings is 1. The molecule has 35 heavy (non-hydrogen) atoms. The molecule has 0 unspecified atom stereocenters. The molecule has 3 rings (SSSR count). The van der Waals surface area contributed by atoms with Crippen LogP contribution in [-0.4, -0.2) is 59.7 Å². The number of hydrogen-bond donors (Lipinski definition) is 2. The third-order valence-corrected chi connectivity index (χ3v) is 5.66. The molecule has 1 aliphatic rings. The number of benzene rings is 2. The lowest BCUT2D eigenvalue weighted by Gasteiger charge is -2.33. The first kappa shape index (κ1) is 26.6. The normalized spacial score (nSPS) is 16.2. The van der Waals surface area contributed by atoms with E-state index < -0.39 is 30.6 Å². The van der Waals surface area contributed by atoms with Gasteiger partial charge in [-0.1, -0.05) is 12.1 Å². The molecule has 0 atom stereocenters. The van der Waals surface area contributed by atoms with Crippen LogP contribution in [0.5, 0.6) is 5.75 Å². The van der Waals surface area contributed by atoms with Crippen molar-refractivity contribution >= 4 is 11.7 Å². The van der Waals surface area contributed by atoms with Gasteiger partial charge in [-0.25, -0.2) is 4.79 Å². The van der Waals surface area contributed by atoms with Gasteiger partial charge in [-0.15, -0.1) is 0 Å². The predicted octanol–water partition coefficient (Wildman–Crippen LogP) is 5.67. The van der Waals surface area contributed by atoms with Gasteiger partial charge in [-0.3, -0.25) is 4.90 Å². The Balaban J connectivity index is 1.45. The predicted molar refractivity (Wildman–Crippen MR) is 113 cm³/mol. The molecule has 192 valence electrons. The molecule has 2 N–H and O–H groups in total. The zero-order valence-corrected chi connectivity index (χ0v) is 18.3. The van der Waals surface area contributed by atoms with Crippen LogP contribution in [0.1, 0.15) is 28.8 Å². The highest BCUT2D eigenvalue weighted by Gasteiger charge is 2.73. The average Bonchev–Trinajstić information content (AvgIpc) is 2.79. The minimum atomic E-state index is -6.39. The second kappa shape index (κ2) is 10.3. The quantitative estimate of drug-likeness (QED) is 0.428. The first-order chi connectivity index (χ1) is 16.3. The highest BCUT2D eigenvalue weighted by molar-refractivity contribution is 5.87. The highest BCUT2D eigenvalue weighted by Crippen LogP contribution is 2.46. The molecule has 1 heterocycles. The molecule has 1 saturated heterocycles. The molecule has 0 spiro atoms. The minimum absolute atomic E-state index is 0.113.